The Hall–Kier alpha value is -1.49. The van der Waals surface area contributed by atoms with Crippen LogP contribution in [-0.4, -0.2) is 21.0 Å². The van der Waals surface area contributed by atoms with Crippen LogP contribution in [0, 0.1) is 6.92 Å². The fourth-order valence-corrected chi connectivity index (χ4v) is 3.14. The highest BCUT2D eigenvalue weighted by Crippen LogP contribution is 2.37. The third kappa shape index (κ3) is 1.10. The number of carboxylic acids is 1. The molecule has 0 fully saturated rings. The van der Waals surface area contributed by atoms with Gasteiger partial charge in [0, 0.05) is 10.3 Å². The first-order valence-electron chi connectivity index (χ1n) is 4.69. The van der Waals surface area contributed by atoms with Crippen LogP contribution in [0.15, 0.2) is 0 Å². The summed E-state index contributed by atoms with van der Waals surface area (Å²) < 4.78 is 0. The number of carboxylic acid groups (broad SMARTS) is 1. The van der Waals surface area contributed by atoms with Crippen molar-refractivity contribution < 1.29 is 9.90 Å². The average molecular weight is 220 g/mol. The Morgan fingerprint density at radius 1 is 1.40 bits per heavy atom. The van der Waals surface area contributed by atoms with Gasteiger partial charge in [-0.1, -0.05) is 0 Å². The Balaban J connectivity index is 2.47. The van der Waals surface area contributed by atoms with Gasteiger partial charge in [0.15, 0.2) is 0 Å². The molecular formula is C10H8N2O2S. The van der Waals surface area contributed by atoms with E-state index in [0.29, 0.717) is 16.2 Å². The van der Waals surface area contributed by atoms with Crippen molar-refractivity contribution in [2.75, 3.05) is 0 Å². The fraction of sp³-hybridized carbons (Fsp3) is 0.300. The number of carbonyl (C=O) groups is 1. The maximum atomic E-state index is 11.0. The van der Waals surface area contributed by atoms with Gasteiger partial charge in [0.2, 0.25) is 0 Å². The molecule has 0 amide bonds. The summed E-state index contributed by atoms with van der Waals surface area (Å²) >= 11 is 1.34. The average Bonchev–Trinajstić information content (AvgIpc) is 2.70. The van der Waals surface area contributed by atoms with Crippen molar-refractivity contribution >= 4 is 28.2 Å². The molecular weight excluding hydrogens is 212 g/mol. The van der Waals surface area contributed by atoms with Crippen molar-refractivity contribution in [3.05, 3.63) is 21.3 Å². The first-order chi connectivity index (χ1) is 7.16. The number of rotatable bonds is 1. The lowest BCUT2D eigenvalue weighted by Crippen LogP contribution is -1.98. The summed E-state index contributed by atoms with van der Waals surface area (Å²) in [6.45, 7) is 1.80. The highest BCUT2D eigenvalue weighted by atomic mass is 32.1. The second-order valence-electron chi connectivity index (χ2n) is 3.60. The van der Waals surface area contributed by atoms with Crippen LogP contribution in [0.25, 0.3) is 10.9 Å². The summed E-state index contributed by atoms with van der Waals surface area (Å²) in [5, 5.41) is 10.0. The molecule has 2 aromatic rings. The van der Waals surface area contributed by atoms with Gasteiger partial charge in [-0.15, -0.1) is 11.3 Å². The third-order valence-corrected chi connectivity index (χ3v) is 3.82. The molecule has 4 nitrogen and oxygen atoms in total. The second kappa shape index (κ2) is 2.76. The first kappa shape index (κ1) is 8.79. The Morgan fingerprint density at radius 3 is 2.93 bits per heavy atom. The van der Waals surface area contributed by atoms with Crippen molar-refractivity contribution in [2.45, 2.75) is 19.8 Å². The minimum atomic E-state index is -0.887. The van der Waals surface area contributed by atoms with Gasteiger partial charge in [0.1, 0.15) is 10.7 Å². The molecule has 1 aliphatic carbocycles. The number of hydrogen-bond donors (Lipinski definition) is 1. The SMILES string of the molecule is Cc1nc2c3c(sc(C(=O)O)c3n1)CC2. The highest BCUT2D eigenvalue weighted by Gasteiger charge is 2.25. The van der Waals surface area contributed by atoms with E-state index in [2.05, 4.69) is 9.97 Å². The highest BCUT2D eigenvalue weighted by molar-refractivity contribution is 7.15. The van der Waals surface area contributed by atoms with E-state index < -0.39 is 5.97 Å². The Bertz CT molecular complexity index is 589. The lowest BCUT2D eigenvalue weighted by atomic mass is 10.2. The zero-order valence-electron chi connectivity index (χ0n) is 8.07. The number of nitrogens with zero attached hydrogens (tertiary/aromatic N) is 2. The molecule has 2 aromatic heterocycles. The van der Waals surface area contributed by atoms with E-state index in [9.17, 15) is 4.79 Å². The monoisotopic (exact) mass is 220 g/mol. The van der Waals surface area contributed by atoms with E-state index in [1.807, 2.05) is 0 Å². The standard InChI is InChI=1S/C10H8N2O2S/c1-4-11-5-2-3-6-7(5)8(12-4)9(15-6)10(13)14/h2-3H2,1H3,(H,13,14). The summed E-state index contributed by atoms with van der Waals surface area (Å²) in [6, 6.07) is 0. The van der Waals surface area contributed by atoms with Crippen LogP contribution in [0.1, 0.15) is 26.1 Å². The molecule has 2 heterocycles. The van der Waals surface area contributed by atoms with E-state index >= 15 is 0 Å². The van der Waals surface area contributed by atoms with E-state index in [0.717, 1.165) is 28.8 Å². The number of aromatic nitrogens is 2. The molecule has 0 atom stereocenters. The van der Waals surface area contributed by atoms with Gasteiger partial charge >= 0.3 is 5.97 Å². The minimum Gasteiger partial charge on any atom is -0.477 e. The van der Waals surface area contributed by atoms with Crippen LogP contribution < -0.4 is 0 Å². The topological polar surface area (TPSA) is 63.1 Å². The smallest absolute Gasteiger partial charge is 0.348 e. The predicted octanol–water partition coefficient (Wildman–Crippen LogP) is 1.80. The fourth-order valence-electron chi connectivity index (χ4n) is 2.04. The number of aryl methyl sites for hydroxylation is 3. The van der Waals surface area contributed by atoms with Crippen molar-refractivity contribution in [1.82, 2.24) is 9.97 Å². The number of aromatic carboxylic acids is 1. The van der Waals surface area contributed by atoms with E-state index in [1.165, 1.54) is 11.3 Å². The molecule has 0 saturated carbocycles. The molecule has 1 N–H and O–H groups in total. The van der Waals surface area contributed by atoms with Crippen molar-refractivity contribution in [1.29, 1.82) is 0 Å². The third-order valence-electron chi connectivity index (χ3n) is 2.60. The molecule has 1 aliphatic rings. The molecule has 3 rings (SSSR count). The van der Waals surface area contributed by atoms with Crippen molar-refractivity contribution in [3.8, 4) is 0 Å². The van der Waals surface area contributed by atoms with Crippen molar-refractivity contribution in [3.63, 3.8) is 0 Å². The zero-order chi connectivity index (χ0) is 10.6. The van der Waals surface area contributed by atoms with Gasteiger partial charge in [-0.3, -0.25) is 0 Å². The second-order valence-corrected chi connectivity index (χ2v) is 4.71. The molecule has 5 heteroatoms. The molecule has 76 valence electrons. The van der Waals surface area contributed by atoms with Crippen LogP contribution in [0.3, 0.4) is 0 Å². The lowest BCUT2D eigenvalue weighted by Gasteiger charge is -1.98. The summed E-state index contributed by atoms with van der Waals surface area (Å²) in [4.78, 5) is 21.1. The first-order valence-corrected chi connectivity index (χ1v) is 5.50. The van der Waals surface area contributed by atoms with Gasteiger partial charge in [0.25, 0.3) is 0 Å². The summed E-state index contributed by atoms with van der Waals surface area (Å²) in [5.74, 6) is -0.228. The number of hydrogen-bond acceptors (Lipinski definition) is 4. The molecule has 0 unspecified atom stereocenters. The van der Waals surface area contributed by atoms with Crippen LogP contribution in [0.5, 0.6) is 0 Å². The van der Waals surface area contributed by atoms with Gasteiger partial charge in [-0.2, -0.15) is 0 Å². The van der Waals surface area contributed by atoms with Crippen LogP contribution >= 0.6 is 11.3 Å². The molecule has 0 aromatic carbocycles. The van der Waals surface area contributed by atoms with Gasteiger partial charge in [-0.25, -0.2) is 14.8 Å². The lowest BCUT2D eigenvalue weighted by molar-refractivity contribution is 0.0704. The maximum absolute atomic E-state index is 11.0. The minimum absolute atomic E-state index is 0.353. The molecule has 0 spiro atoms. The molecule has 0 bridgehead atoms. The Kier molecular flexibility index (Phi) is 1.62. The normalized spacial score (nSPS) is 13.7. The van der Waals surface area contributed by atoms with Gasteiger partial charge in [0.05, 0.1) is 11.2 Å². The summed E-state index contributed by atoms with van der Waals surface area (Å²) in [6.07, 6.45) is 1.82. The van der Waals surface area contributed by atoms with Crippen LogP contribution in [-0.2, 0) is 12.8 Å². The molecule has 0 radical (unpaired) electrons. The van der Waals surface area contributed by atoms with E-state index in [-0.39, 0.29) is 0 Å². The van der Waals surface area contributed by atoms with E-state index in [4.69, 9.17) is 5.11 Å². The quantitative estimate of drug-likeness (QED) is 0.795. The maximum Gasteiger partial charge on any atom is 0.348 e. The molecule has 15 heavy (non-hydrogen) atoms. The van der Waals surface area contributed by atoms with Gasteiger partial charge < -0.3 is 5.11 Å². The van der Waals surface area contributed by atoms with Gasteiger partial charge in [-0.05, 0) is 19.8 Å². The zero-order valence-corrected chi connectivity index (χ0v) is 8.89. The van der Waals surface area contributed by atoms with Crippen LogP contribution in [0.4, 0.5) is 0 Å². The Labute approximate surface area is 89.6 Å². The predicted molar refractivity (Wildman–Crippen MR) is 56.5 cm³/mol. The van der Waals surface area contributed by atoms with E-state index in [1.54, 1.807) is 6.92 Å². The summed E-state index contributed by atoms with van der Waals surface area (Å²) in [7, 11) is 0. The number of thiophene rings is 1. The van der Waals surface area contributed by atoms with Crippen molar-refractivity contribution in [2.24, 2.45) is 0 Å². The molecule has 0 aliphatic heterocycles. The van der Waals surface area contributed by atoms with Crippen LogP contribution in [0.2, 0.25) is 0 Å². The largest absolute Gasteiger partial charge is 0.477 e. The molecule has 0 saturated heterocycles. The summed E-state index contributed by atoms with van der Waals surface area (Å²) in [5.41, 5.74) is 1.64. The Morgan fingerprint density at radius 2 is 2.20 bits per heavy atom.